The molecule has 0 saturated heterocycles. The number of nitrogens with one attached hydrogen (secondary N) is 1. The quantitative estimate of drug-likeness (QED) is 0.144. The number of ketones is 1. The van der Waals surface area contributed by atoms with Gasteiger partial charge in [0.2, 0.25) is 5.91 Å². The third-order valence-electron chi connectivity index (χ3n) is 4.55. The van der Waals surface area contributed by atoms with Crippen LogP contribution in [0.3, 0.4) is 0 Å². The van der Waals surface area contributed by atoms with Crippen molar-refractivity contribution in [1.29, 1.82) is 0 Å². The van der Waals surface area contributed by atoms with Gasteiger partial charge in [-0.2, -0.15) is 0 Å². The van der Waals surface area contributed by atoms with Crippen LogP contribution in [0.1, 0.15) is 38.0 Å². The second-order valence-electron chi connectivity index (χ2n) is 7.06. The summed E-state index contributed by atoms with van der Waals surface area (Å²) >= 11 is 3.25. The first-order chi connectivity index (χ1) is 16.7. The molecule has 0 heterocycles. The van der Waals surface area contributed by atoms with Gasteiger partial charge in [0.15, 0.2) is 18.0 Å². The maximum atomic E-state index is 12.8. The molecule has 178 valence electrons. The molecule has 0 bridgehead atoms. The number of carbonyl (C=O) groups excluding carboxylic acids is 4. The van der Waals surface area contributed by atoms with Gasteiger partial charge in [0.05, 0.1) is 10.5 Å². The Kier molecular flexibility index (Phi) is 8.05. The highest BCUT2D eigenvalue weighted by Gasteiger charge is 2.30. The van der Waals surface area contributed by atoms with E-state index in [4.69, 9.17) is 9.47 Å². The van der Waals surface area contributed by atoms with Crippen molar-refractivity contribution in [3.8, 4) is 5.75 Å². The van der Waals surface area contributed by atoms with Crippen LogP contribution >= 0.6 is 15.9 Å². The smallest absolute Gasteiger partial charge is 0.351 e. The maximum absolute atomic E-state index is 12.8. The molecule has 0 aliphatic carbocycles. The number of esters is 2. The fraction of sp³-hybridized carbons (Fsp3) is 0.0833. The summed E-state index contributed by atoms with van der Waals surface area (Å²) in [5.74, 6) is -3.05. The Bertz CT molecular complexity index is 1300. The van der Waals surface area contributed by atoms with Crippen molar-refractivity contribution in [2.75, 3.05) is 11.9 Å². The molecule has 0 atom stereocenters. The topological polar surface area (TPSA) is 142 Å². The number of nitrogens with zero attached hydrogens (tertiary/aromatic N) is 1. The number of rotatable bonds is 8. The third kappa shape index (κ3) is 6.58. The molecule has 0 fully saturated rings. The molecule has 0 saturated carbocycles. The van der Waals surface area contributed by atoms with Crippen molar-refractivity contribution in [3.63, 3.8) is 0 Å². The number of nitro benzene ring substituents is 1. The van der Waals surface area contributed by atoms with Gasteiger partial charge in [-0.25, -0.2) is 9.59 Å². The lowest BCUT2D eigenvalue weighted by molar-refractivity contribution is -0.385. The molecule has 3 aromatic rings. The molecular formula is C24H17BrN2O8. The van der Waals surface area contributed by atoms with Gasteiger partial charge in [0, 0.05) is 28.7 Å². The van der Waals surface area contributed by atoms with Crippen LogP contribution in [0.5, 0.6) is 5.75 Å². The standard InChI is InChI=1S/C24H17BrN2O8/c1-14(28)26-17-9-11-18(12-10-17)35-24(31)22-19(3-2-4-20(22)27(32)33)23(30)34-13-21(29)15-5-7-16(25)8-6-15/h2-12H,13H2,1H3,(H,26,28). The van der Waals surface area contributed by atoms with E-state index in [1.54, 1.807) is 12.1 Å². The number of anilines is 1. The van der Waals surface area contributed by atoms with Gasteiger partial charge in [-0.05, 0) is 42.5 Å². The molecular weight excluding hydrogens is 524 g/mol. The van der Waals surface area contributed by atoms with E-state index < -0.39 is 46.1 Å². The molecule has 35 heavy (non-hydrogen) atoms. The SMILES string of the molecule is CC(=O)Nc1ccc(OC(=O)c2c(C(=O)OCC(=O)c3ccc(Br)cc3)cccc2[N+](=O)[O-])cc1. The molecule has 0 unspecified atom stereocenters. The second-order valence-corrected chi connectivity index (χ2v) is 7.97. The Labute approximate surface area is 207 Å². The lowest BCUT2D eigenvalue weighted by atomic mass is 10.1. The zero-order valence-electron chi connectivity index (χ0n) is 18.1. The minimum atomic E-state index is -1.17. The van der Waals surface area contributed by atoms with Gasteiger partial charge < -0.3 is 14.8 Å². The predicted octanol–water partition coefficient (Wildman–Crippen LogP) is 4.57. The number of benzene rings is 3. The highest BCUT2D eigenvalue weighted by Crippen LogP contribution is 2.26. The van der Waals surface area contributed by atoms with Gasteiger partial charge in [-0.1, -0.05) is 34.1 Å². The van der Waals surface area contributed by atoms with Crippen molar-refractivity contribution in [2.45, 2.75) is 6.92 Å². The third-order valence-corrected chi connectivity index (χ3v) is 5.08. The summed E-state index contributed by atoms with van der Waals surface area (Å²) < 4.78 is 11.0. The summed E-state index contributed by atoms with van der Waals surface area (Å²) in [7, 11) is 0. The van der Waals surface area contributed by atoms with E-state index >= 15 is 0 Å². The molecule has 1 amide bonds. The number of ether oxygens (including phenoxy) is 2. The van der Waals surface area contributed by atoms with E-state index in [9.17, 15) is 29.3 Å². The van der Waals surface area contributed by atoms with Crippen molar-refractivity contribution < 1.29 is 33.6 Å². The lowest BCUT2D eigenvalue weighted by Gasteiger charge is -2.10. The number of halogens is 1. The summed E-state index contributed by atoms with van der Waals surface area (Å²) in [4.78, 5) is 59.6. The van der Waals surface area contributed by atoms with Crippen LogP contribution in [-0.2, 0) is 9.53 Å². The van der Waals surface area contributed by atoms with Crippen LogP contribution < -0.4 is 10.1 Å². The largest absolute Gasteiger partial charge is 0.454 e. The van der Waals surface area contributed by atoms with Crippen molar-refractivity contribution >= 4 is 50.9 Å². The van der Waals surface area contributed by atoms with Crippen molar-refractivity contribution in [3.05, 3.63) is 98.0 Å². The van der Waals surface area contributed by atoms with E-state index in [-0.39, 0.29) is 11.7 Å². The van der Waals surface area contributed by atoms with Crippen LogP contribution in [0, 0.1) is 10.1 Å². The summed E-state index contributed by atoms with van der Waals surface area (Å²) in [6.45, 7) is 0.692. The average Bonchev–Trinajstić information content (AvgIpc) is 2.83. The molecule has 3 aromatic carbocycles. The monoisotopic (exact) mass is 540 g/mol. The maximum Gasteiger partial charge on any atom is 0.351 e. The van der Waals surface area contributed by atoms with E-state index in [2.05, 4.69) is 21.2 Å². The van der Waals surface area contributed by atoms with Gasteiger partial charge in [0.25, 0.3) is 5.69 Å². The van der Waals surface area contributed by atoms with E-state index in [1.807, 2.05) is 0 Å². The first-order valence-corrected chi connectivity index (χ1v) is 10.8. The highest BCUT2D eigenvalue weighted by molar-refractivity contribution is 9.10. The molecule has 0 aromatic heterocycles. The van der Waals surface area contributed by atoms with Crippen LogP contribution in [-0.4, -0.2) is 35.2 Å². The fourth-order valence-electron chi connectivity index (χ4n) is 2.97. The zero-order chi connectivity index (χ0) is 25.5. The molecule has 0 aliphatic rings. The fourth-order valence-corrected chi connectivity index (χ4v) is 3.24. The predicted molar refractivity (Wildman–Crippen MR) is 128 cm³/mol. The Morgan fingerprint density at radius 3 is 2.20 bits per heavy atom. The van der Waals surface area contributed by atoms with Crippen molar-refractivity contribution in [1.82, 2.24) is 0 Å². The van der Waals surface area contributed by atoms with Crippen LogP contribution in [0.25, 0.3) is 0 Å². The summed E-state index contributed by atoms with van der Waals surface area (Å²) in [5.41, 5.74) is -0.976. The van der Waals surface area contributed by atoms with E-state index in [1.165, 1.54) is 49.4 Å². The van der Waals surface area contributed by atoms with Gasteiger partial charge in [-0.3, -0.25) is 19.7 Å². The summed E-state index contributed by atoms with van der Waals surface area (Å²) in [6.07, 6.45) is 0. The minimum Gasteiger partial charge on any atom is -0.454 e. The molecule has 1 N–H and O–H groups in total. The summed E-state index contributed by atoms with van der Waals surface area (Å²) in [5, 5.41) is 14.1. The number of hydrogen-bond acceptors (Lipinski definition) is 8. The molecule has 10 nitrogen and oxygen atoms in total. The van der Waals surface area contributed by atoms with Crippen molar-refractivity contribution in [2.24, 2.45) is 0 Å². The number of Topliss-reactive ketones (excluding diaryl/α,β-unsaturated/α-hetero) is 1. The summed E-state index contributed by atoms with van der Waals surface area (Å²) in [6, 6.07) is 15.4. The number of hydrogen-bond donors (Lipinski definition) is 1. The zero-order valence-corrected chi connectivity index (χ0v) is 19.7. The molecule has 3 rings (SSSR count). The van der Waals surface area contributed by atoms with Crippen LogP contribution in [0.2, 0.25) is 0 Å². The lowest BCUT2D eigenvalue weighted by Crippen LogP contribution is -2.20. The van der Waals surface area contributed by atoms with Gasteiger partial charge in [-0.15, -0.1) is 0 Å². The first-order valence-electron chi connectivity index (χ1n) is 9.99. The Morgan fingerprint density at radius 2 is 1.60 bits per heavy atom. The van der Waals surface area contributed by atoms with Gasteiger partial charge >= 0.3 is 11.9 Å². The molecule has 0 spiro atoms. The highest BCUT2D eigenvalue weighted by atomic mass is 79.9. The average molecular weight is 541 g/mol. The van der Waals surface area contributed by atoms with E-state index in [0.717, 1.165) is 16.6 Å². The number of amides is 1. The number of nitro groups is 1. The van der Waals surface area contributed by atoms with Crippen LogP contribution in [0.4, 0.5) is 11.4 Å². The van der Waals surface area contributed by atoms with Gasteiger partial charge in [0.1, 0.15) is 5.75 Å². The Hall–Kier alpha value is -4.38. The second kappa shape index (κ2) is 11.2. The van der Waals surface area contributed by atoms with Crippen LogP contribution in [0.15, 0.2) is 71.2 Å². The Morgan fingerprint density at radius 1 is 0.943 bits per heavy atom. The first kappa shape index (κ1) is 25.2. The molecule has 11 heteroatoms. The molecule has 0 radical (unpaired) electrons. The minimum absolute atomic E-state index is 0.0204. The number of carbonyl (C=O) groups is 4. The Balaban J connectivity index is 1.81. The molecule has 0 aliphatic heterocycles. The normalized spacial score (nSPS) is 10.2. The van der Waals surface area contributed by atoms with E-state index in [0.29, 0.717) is 11.3 Å².